The fourth-order valence-electron chi connectivity index (χ4n) is 3.67. The minimum Gasteiger partial charge on any atom is -0.376 e. The van der Waals surface area contributed by atoms with Crippen LogP contribution in [-0.2, 0) is 4.74 Å². The van der Waals surface area contributed by atoms with E-state index in [9.17, 15) is 4.79 Å². The molecule has 2 aromatic rings. The van der Waals surface area contributed by atoms with Crippen LogP contribution < -0.4 is 5.32 Å². The molecule has 2 N–H and O–H groups in total. The van der Waals surface area contributed by atoms with Crippen LogP contribution in [0.4, 0.5) is 4.79 Å². The van der Waals surface area contributed by atoms with Gasteiger partial charge in [0.25, 0.3) is 0 Å². The molecule has 2 atom stereocenters. The van der Waals surface area contributed by atoms with E-state index < -0.39 is 0 Å². The number of urea groups is 1. The summed E-state index contributed by atoms with van der Waals surface area (Å²) >= 11 is 0. The minimum absolute atomic E-state index is 0.0197. The van der Waals surface area contributed by atoms with Crippen LogP contribution in [0.15, 0.2) is 24.3 Å². The summed E-state index contributed by atoms with van der Waals surface area (Å²) in [7, 11) is 0. The molecule has 0 radical (unpaired) electrons. The van der Waals surface area contributed by atoms with Crippen molar-refractivity contribution in [1.29, 1.82) is 0 Å². The summed E-state index contributed by atoms with van der Waals surface area (Å²) in [5.74, 6) is 1.27. The minimum atomic E-state index is 0.0197. The molecule has 4 rings (SSSR count). The maximum absolute atomic E-state index is 12.4. The number of fused-ring (bicyclic) bond motifs is 1. The lowest BCUT2D eigenvalue weighted by atomic mass is 9.97. The molecule has 3 heterocycles. The van der Waals surface area contributed by atoms with E-state index in [4.69, 9.17) is 9.72 Å². The lowest BCUT2D eigenvalue weighted by Crippen LogP contribution is -2.46. The third kappa shape index (κ3) is 3.24. The fourth-order valence-corrected chi connectivity index (χ4v) is 3.67. The van der Waals surface area contributed by atoms with E-state index in [1.165, 1.54) is 0 Å². The topological polar surface area (TPSA) is 70.2 Å². The Bertz CT molecular complexity index is 675. The second-order valence-electron chi connectivity index (χ2n) is 6.75. The number of imidazole rings is 1. The van der Waals surface area contributed by atoms with Crippen LogP contribution in [0.25, 0.3) is 11.0 Å². The van der Waals surface area contributed by atoms with Gasteiger partial charge in [-0.15, -0.1) is 0 Å². The maximum atomic E-state index is 12.4. The number of aromatic nitrogens is 2. The van der Waals surface area contributed by atoms with Crippen molar-refractivity contribution in [2.24, 2.45) is 0 Å². The third-order valence-electron chi connectivity index (χ3n) is 5.01. The summed E-state index contributed by atoms with van der Waals surface area (Å²) in [6, 6.07) is 8.09. The van der Waals surface area contributed by atoms with Gasteiger partial charge in [0.1, 0.15) is 5.82 Å². The molecule has 2 fully saturated rings. The van der Waals surface area contributed by atoms with Crippen molar-refractivity contribution in [2.75, 3.05) is 26.2 Å². The van der Waals surface area contributed by atoms with E-state index in [-0.39, 0.29) is 18.1 Å². The molecule has 6 heteroatoms. The van der Waals surface area contributed by atoms with Crippen molar-refractivity contribution in [1.82, 2.24) is 20.2 Å². The Hall–Kier alpha value is -2.08. The summed E-state index contributed by atoms with van der Waals surface area (Å²) < 4.78 is 5.57. The van der Waals surface area contributed by atoms with Crippen LogP contribution in [-0.4, -0.2) is 53.2 Å². The van der Waals surface area contributed by atoms with Gasteiger partial charge in [-0.2, -0.15) is 0 Å². The second-order valence-corrected chi connectivity index (χ2v) is 6.75. The van der Waals surface area contributed by atoms with Gasteiger partial charge in [-0.1, -0.05) is 12.1 Å². The van der Waals surface area contributed by atoms with Crippen molar-refractivity contribution in [3.8, 4) is 0 Å². The number of nitrogens with zero attached hydrogens (tertiary/aromatic N) is 2. The predicted octanol–water partition coefficient (Wildman–Crippen LogP) is 2.63. The van der Waals surface area contributed by atoms with Gasteiger partial charge in [-0.05, 0) is 37.8 Å². The first-order chi connectivity index (χ1) is 11.8. The van der Waals surface area contributed by atoms with Crippen LogP contribution in [0.5, 0.6) is 0 Å². The average Bonchev–Trinajstić information content (AvgIpc) is 3.29. The van der Waals surface area contributed by atoms with Gasteiger partial charge in [0.2, 0.25) is 0 Å². The number of likely N-dealkylation sites (tertiary alicyclic amines) is 1. The standard InChI is InChI=1S/C18H24N4O2/c23-18(19-11-14-6-4-10-24-14)22-9-3-5-13(12-22)17-20-15-7-1-2-8-16(15)21-17/h1-2,7-8,13-14H,3-6,9-12H2,(H,19,23)(H,20,21). The monoisotopic (exact) mass is 328 g/mol. The third-order valence-corrected chi connectivity index (χ3v) is 5.01. The first-order valence-corrected chi connectivity index (χ1v) is 8.88. The van der Waals surface area contributed by atoms with Gasteiger partial charge in [0, 0.05) is 32.2 Å². The van der Waals surface area contributed by atoms with E-state index >= 15 is 0 Å². The van der Waals surface area contributed by atoms with Crippen molar-refractivity contribution in [2.45, 2.75) is 37.7 Å². The number of H-pyrrole nitrogens is 1. The van der Waals surface area contributed by atoms with E-state index in [1.807, 2.05) is 29.2 Å². The number of hydrogen-bond acceptors (Lipinski definition) is 3. The number of ether oxygens (including phenoxy) is 1. The fraction of sp³-hybridized carbons (Fsp3) is 0.556. The van der Waals surface area contributed by atoms with Crippen molar-refractivity contribution in [3.63, 3.8) is 0 Å². The number of rotatable bonds is 3. The van der Waals surface area contributed by atoms with Crippen molar-refractivity contribution < 1.29 is 9.53 Å². The largest absolute Gasteiger partial charge is 0.376 e. The number of nitrogens with one attached hydrogen (secondary N) is 2. The molecule has 0 aliphatic carbocycles. The first-order valence-electron chi connectivity index (χ1n) is 8.88. The molecule has 1 aromatic heterocycles. The maximum Gasteiger partial charge on any atom is 0.317 e. The number of piperidine rings is 1. The molecule has 6 nitrogen and oxygen atoms in total. The van der Waals surface area contributed by atoms with Gasteiger partial charge in [0.05, 0.1) is 17.1 Å². The van der Waals surface area contributed by atoms with Crippen LogP contribution in [0, 0.1) is 0 Å². The van der Waals surface area contributed by atoms with Crippen LogP contribution in [0.3, 0.4) is 0 Å². The summed E-state index contributed by atoms with van der Waals surface area (Å²) in [6.07, 6.45) is 4.40. The predicted molar refractivity (Wildman–Crippen MR) is 92.0 cm³/mol. The molecule has 2 saturated heterocycles. The van der Waals surface area contributed by atoms with Crippen LogP contribution in [0.1, 0.15) is 37.4 Å². The van der Waals surface area contributed by atoms with E-state index in [1.54, 1.807) is 0 Å². The van der Waals surface area contributed by atoms with E-state index in [0.717, 1.165) is 62.2 Å². The number of carbonyl (C=O) groups excluding carboxylic acids is 1. The van der Waals surface area contributed by atoms with Crippen molar-refractivity contribution >= 4 is 17.1 Å². The molecule has 2 amide bonds. The molecule has 128 valence electrons. The molecule has 0 saturated carbocycles. The number of para-hydroxylation sites is 2. The zero-order valence-corrected chi connectivity index (χ0v) is 13.8. The number of benzene rings is 1. The van der Waals surface area contributed by atoms with Gasteiger partial charge < -0.3 is 19.9 Å². The quantitative estimate of drug-likeness (QED) is 0.910. The number of aromatic amines is 1. The number of carbonyl (C=O) groups is 1. The normalized spacial score (nSPS) is 24.4. The molecular weight excluding hydrogens is 304 g/mol. The zero-order valence-electron chi connectivity index (χ0n) is 13.8. The van der Waals surface area contributed by atoms with Gasteiger partial charge in [0.15, 0.2) is 0 Å². The number of hydrogen-bond donors (Lipinski definition) is 2. The average molecular weight is 328 g/mol. The molecule has 1 aromatic carbocycles. The summed E-state index contributed by atoms with van der Waals surface area (Å²) in [5, 5.41) is 3.02. The highest BCUT2D eigenvalue weighted by atomic mass is 16.5. The Labute approximate surface area is 141 Å². The zero-order chi connectivity index (χ0) is 16.4. The Morgan fingerprint density at radius 1 is 1.33 bits per heavy atom. The Morgan fingerprint density at radius 3 is 3.08 bits per heavy atom. The van der Waals surface area contributed by atoms with E-state index in [2.05, 4.69) is 10.3 Å². The Morgan fingerprint density at radius 2 is 2.25 bits per heavy atom. The van der Waals surface area contributed by atoms with Gasteiger partial charge >= 0.3 is 6.03 Å². The summed E-state index contributed by atoms with van der Waals surface area (Å²) in [4.78, 5) is 22.5. The first kappa shape index (κ1) is 15.4. The summed E-state index contributed by atoms with van der Waals surface area (Å²) in [5.41, 5.74) is 2.06. The van der Waals surface area contributed by atoms with Crippen LogP contribution in [0.2, 0.25) is 0 Å². The molecular formula is C18H24N4O2. The SMILES string of the molecule is O=C(NCC1CCCO1)N1CCCC(c2nc3ccccc3[nH]2)C1. The smallest absolute Gasteiger partial charge is 0.317 e. The Balaban J connectivity index is 1.38. The molecule has 2 aliphatic rings. The molecule has 0 spiro atoms. The lowest BCUT2D eigenvalue weighted by molar-refractivity contribution is 0.107. The lowest BCUT2D eigenvalue weighted by Gasteiger charge is -2.32. The highest BCUT2D eigenvalue weighted by molar-refractivity contribution is 5.75. The Kier molecular flexibility index (Phi) is 4.38. The molecule has 2 aliphatic heterocycles. The second kappa shape index (κ2) is 6.81. The van der Waals surface area contributed by atoms with Gasteiger partial charge in [-0.25, -0.2) is 9.78 Å². The molecule has 0 bridgehead atoms. The highest BCUT2D eigenvalue weighted by Crippen LogP contribution is 2.26. The highest BCUT2D eigenvalue weighted by Gasteiger charge is 2.27. The van der Waals surface area contributed by atoms with Gasteiger partial charge in [-0.3, -0.25) is 0 Å². The molecule has 24 heavy (non-hydrogen) atoms. The van der Waals surface area contributed by atoms with Crippen molar-refractivity contribution in [3.05, 3.63) is 30.1 Å². The number of amides is 2. The molecule has 2 unspecified atom stereocenters. The van der Waals surface area contributed by atoms with E-state index in [0.29, 0.717) is 6.54 Å². The van der Waals surface area contributed by atoms with Crippen LogP contribution >= 0.6 is 0 Å². The summed E-state index contributed by atoms with van der Waals surface area (Å²) in [6.45, 7) is 2.97.